The second-order valence-corrected chi connectivity index (χ2v) is 5.18. The molecule has 3 heteroatoms. The van der Waals surface area contributed by atoms with Crippen LogP contribution in [-0.2, 0) is 9.53 Å². The van der Waals surface area contributed by atoms with E-state index in [1.807, 2.05) is 6.92 Å². The molecule has 0 aromatic rings. The molecule has 1 rings (SSSR count). The Hall–Kier alpha value is -0.570. The largest absolute Gasteiger partial charge is 0.465 e. The third kappa shape index (κ3) is 4.27. The average Bonchev–Trinajstić information content (AvgIpc) is 2.40. The van der Waals surface area contributed by atoms with Crippen LogP contribution in [0.3, 0.4) is 0 Å². The van der Waals surface area contributed by atoms with Crippen molar-refractivity contribution in [3.8, 4) is 0 Å². The van der Waals surface area contributed by atoms with Crippen LogP contribution in [0.15, 0.2) is 0 Å². The lowest BCUT2D eigenvalue weighted by Crippen LogP contribution is -2.48. The molecule has 0 aromatic heterocycles. The minimum Gasteiger partial charge on any atom is -0.465 e. The maximum absolute atomic E-state index is 12.1. The van der Waals surface area contributed by atoms with Crippen LogP contribution >= 0.6 is 0 Å². The van der Waals surface area contributed by atoms with E-state index in [9.17, 15) is 4.79 Å². The van der Waals surface area contributed by atoms with E-state index in [0.29, 0.717) is 12.6 Å². The van der Waals surface area contributed by atoms with Crippen molar-refractivity contribution in [3.05, 3.63) is 0 Å². The van der Waals surface area contributed by atoms with Gasteiger partial charge in [-0.2, -0.15) is 0 Å². The number of rotatable bonds is 7. The fraction of sp³-hybridized carbons (Fsp3) is 0.933. The number of nitrogens with zero attached hydrogens (tertiary/aromatic N) is 1. The Kier molecular flexibility index (Phi) is 7.33. The molecule has 3 nitrogen and oxygen atoms in total. The minimum atomic E-state index is -0.0250. The Morgan fingerprint density at radius 1 is 1.22 bits per heavy atom. The van der Waals surface area contributed by atoms with Gasteiger partial charge in [-0.15, -0.1) is 0 Å². The quantitative estimate of drug-likeness (QED) is 0.653. The molecule has 0 saturated heterocycles. The van der Waals surface area contributed by atoms with Crippen molar-refractivity contribution < 1.29 is 9.53 Å². The Bertz CT molecular complexity index is 237. The first-order valence-electron chi connectivity index (χ1n) is 7.66. The molecule has 0 aliphatic heterocycles. The molecule has 18 heavy (non-hydrogen) atoms. The molecule has 1 atom stereocenters. The summed E-state index contributed by atoms with van der Waals surface area (Å²) in [5.41, 5.74) is 0. The molecule has 1 aliphatic rings. The first-order chi connectivity index (χ1) is 8.74. The minimum absolute atomic E-state index is 0.0215. The molecule has 0 amide bonds. The smallest absolute Gasteiger partial charge is 0.323 e. The molecule has 1 aliphatic carbocycles. The molecule has 106 valence electrons. The summed E-state index contributed by atoms with van der Waals surface area (Å²) in [7, 11) is 0. The Morgan fingerprint density at radius 2 is 1.89 bits per heavy atom. The zero-order valence-corrected chi connectivity index (χ0v) is 12.3. The average molecular weight is 255 g/mol. The molecule has 0 aromatic carbocycles. The van der Waals surface area contributed by atoms with Gasteiger partial charge in [-0.1, -0.05) is 39.5 Å². The number of esters is 1. The van der Waals surface area contributed by atoms with E-state index < -0.39 is 0 Å². The van der Waals surface area contributed by atoms with E-state index in [1.165, 1.54) is 32.1 Å². The zero-order chi connectivity index (χ0) is 13.4. The van der Waals surface area contributed by atoms with E-state index in [2.05, 4.69) is 18.7 Å². The summed E-state index contributed by atoms with van der Waals surface area (Å²) in [6, 6.07) is 0.563. The lowest BCUT2D eigenvalue weighted by atomic mass is 9.92. The third-order valence-corrected chi connectivity index (χ3v) is 3.93. The van der Waals surface area contributed by atoms with Crippen molar-refractivity contribution in [1.82, 2.24) is 4.90 Å². The van der Waals surface area contributed by atoms with Crippen LogP contribution in [0.1, 0.15) is 65.7 Å². The molecule has 0 N–H and O–H groups in total. The maximum atomic E-state index is 12.1. The van der Waals surface area contributed by atoms with Gasteiger partial charge in [-0.25, -0.2) is 0 Å². The molecule has 0 spiro atoms. The summed E-state index contributed by atoms with van der Waals surface area (Å²) in [5, 5.41) is 0. The number of hydrogen-bond acceptors (Lipinski definition) is 3. The van der Waals surface area contributed by atoms with Crippen LogP contribution in [0.2, 0.25) is 0 Å². The van der Waals surface area contributed by atoms with Crippen molar-refractivity contribution in [2.75, 3.05) is 13.2 Å². The van der Waals surface area contributed by atoms with Gasteiger partial charge in [0.2, 0.25) is 0 Å². The van der Waals surface area contributed by atoms with Gasteiger partial charge in [0.15, 0.2) is 0 Å². The summed E-state index contributed by atoms with van der Waals surface area (Å²) in [6.45, 7) is 7.63. The first-order valence-corrected chi connectivity index (χ1v) is 7.66. The number of carbonyl (C=O) groups excluding carboxylic acids is 1. The Morgan fingerprint density at radius 3 is 2.39 bits per heavy atom. The van der Waals surface area contributed by atoms with Crippen molar-refractivity contribution >= 4 is 5.97 Å². The van der Waals surface area contributed by atoms with Crippen molar-refractivity contribution in [1.29, 1.82) is 0 Å². The van der Waals surface area contributed by atoms with Crippen LogP contribution in [0.4, 0.5) is 0 Å². The number of likely N-dealkylation sites (N-methyl/N-ethyl adjacent to an activating group) is 1. The SMILES string of the molecule is CCCC(C(=O)OCC)N(CC)C1CCCCC1. The fourth-order valence-electron chi connectivity index (χ4n) is 3.08. The van der Waals surface area contributed by atoms with Gasteiger partial charge in [0.1, 0.15) is 6.04 Å². The van der Waals surface area contributed by atoms with Gasteiger partial charge in [0.05, 0.1) is 6.61 Å². The number of carbonyl (C=O) groups is 1. The molecule has 0 bridgehead atoms. The van der Waals surface area contributed by atoms with Crippen molar-refractivity contribution in [3.63, 3.8) is 0 Å². The molecule has 0 heterocycles. The van der Waals surface area contributed by atoms with E-state index >= 15 is 0 Å². The van der Waals surface area contributed by atoms with Crippen LogP contribution in [0.5, 0.6) is 0 Å². The van der Waals surface area contributed by atoms with Gasteiger partial charge in [0.25, 0.3) is 0 Å². The van der Waals surface area contributed by atoms with E-state index in [0.717, 1.165) is 19.4 Å². The zero-order valence-electron chi connectivity index (χ0n) is 12.3. The highest BCUT2D eigenvalue weighted by Gasteiger charge is 2.31. The second-order valence-electron chi connectivity index (χ2n) is 5.18. The molecule has 1 unspecified atom stereocenters. The molecular weight excluding hydrogens is 226 g/mol. The van der Waals surface area contributed by atoms with Crippen molar-refractivity contribution in [2.24, 2.45) is 0 Å². The highest BCUT2D eigenvalue weighted by molar-refractivity contribution is 5.75. The Balaban J connectivity index is 2.68. The normalized spacial score (nSPS) is 18.9. The lowest BCUT2D eigenvalue weighted by Gasteiger charge is -2.38. The van der Waals surface area contributed by atoms with Gasteiger partial charge in [-0.05, 0) is 32.7 Å². The van der Waals surface area contributed by atoms with Gasteiger partial charge >= 0.3 is 5.97 Å². The summed E-state index contributed by atoms with van der Waals surface area (Å²) in [6.07, 6.45) is 8.41. The van der Waals surface area contributed by atoms with Crippen LogP contribution < -0.4 is 0 Å². The molecular formula is C15H29NO2. The van der Waals surface area contributed by atoms with Crippen LogP contribution in [-0.4, -0.2) is 36.1 Å². The van der Waals surface area contributed by atoms with Crippen LogP contribution in [0, 0.1) is 0 Å². The highest BCUT2D eigenvalue weighted by Crippen LogP contribution is 2.25. The number of hydrogen-bond donors (Lipinski definition) is 0. The molecule has 1 fully saturated rings. The maximum Gasteiger partial charge on any atom is 0.323 e. The van der Waals surface area contributed by atoms with E-state index in [4.69, 9.17) is 4.74 Å². The highest BCUT2D eigenvalue weighted by atomic mass is 16.5. The number of ether oxygens (including phenoxy) is 1. The predicted octanol–water partition coefficient (Wildman–Crippen LogP) is 3.37. The Labute approximate surface area is 112 Å². The lowest BCUT2D eigenvalue weighted by molar-refractivity contribution is -0.151. The predicted molar refractivity (Wildman–Crippen MR) is 74.6 cm³/mol. The van der Waals surface area contributed by atoms with Crippen LogP contribution in [0.25, 0.3) is 0 Å². The topological polar surface area (TPSA) is 29.5 Å². The summed E-state index contributed by atoms with van der Waals surface area (Å²) < 4.78 is 5.25. The second kappa shape index (κ2) is 8.52. The van der Waals surface area contributed by atoms with Gasteiger partial charge < -0.3 is 4.74 Å². The third-order valence-electron chi connectivity index (χ3n) is 3.93. The van der Waals surface area contributed by atoms with Gasteiger partial charge in [0, 0.05) is 6.04 Å². The van der Waals surface area contributed by atoms with Crippen molar-refractivity contribution in [2.45, 2.75) is 77.8 Å². The monoisotopic (exact) mass is 255 g/mol. The first kappa shape index (κ1) is 15.5. The van der Waals surface area contributed by atoms with E-state index in [-0.39, 0.29) is 12.0 Å². The van der Waals surface area contributed by atoms with E-state index in [1.54, 1.807) is 0 Å². The van der Waals surface area contributed by atoms with Gasteiger partial charge in [-0.3, -0.25) is 9.69 Å². The summed E-state index contributed by atoms with van der Waals surface area (Å²) >= 11 is 0. The summed E-state index contributed by atoms with van der Waals surface area (Å²) in [5.74, 6) is -0.0215. The molecule has 0 radical (unpaired) electrons. The molecule has 1 saturated carbocycles. The standard InChI is InChI=1S/C15H29NO2/c1-4-10-14(15(17)18-6-3)16(5-2)13-11-8-7-9-12-13/h13-14H,4-12H2,1-3H3. The summed E-state index contributed by atoms with van der Waals surface area (Å²) in [4.78, 5) is 14.5. The fourth-order valence-corrected chi connectivity index (χ4v) is 3.08.